The number of benzene rings is 1. The van der Waals surface area contributed by atoms with Gasteiger partial charge >= 0.3 is 11.9 Å². The lowest BCUT2D eigenvalue weighted by atomic mass is 10.1. The Bertz CT molecular complexity index is 682. The van der Waals surface area contributed by atoms with Crippen molar-refractivity contribution >= 4 is 22.0 Å². The summed E-state index contributed by atoms with van der Waals surface area (Å²) < 4.78 is 31.3. The lowest BCUT2D eigenvalue weighted by Crippen LogP contribution is -2.44. The molecule has 1 aromatic carbocycles. The number of hydrogen-bond donors (Lipinski definition) is 3. The summed E-state index contributed by atoms with van der Waals surface area (Å²) in [5.74, 6) is -3.15. The minimum Gasteiger partial charge on any atom is -0.496 e. The van der Waals surface area contributed by atoms with Crippen LogP contribution in [-0.4, -0.2) is 43.7 Å². The lowest BCUT2D eigenvalue weighted by molar-refractivity contribution is -0.140. The first-order chi connectivity index (χ1) is 10.1. The third-order valence-electron chi connectivity index (χ3n) is 2.93. The van der Waals surface area contributed by atoms with Crippen LogP contribution in [0.15, 0.2) is 23.1 Å². The molecule has 0 saturated carbocycles. The summed E-state index contributed by atoms with van der Waals surface area (Å²) in [4.78, 5) is 21.8. The van der Waals surface area contributed by atoms with Crippen LogP contribution in [-0.2, 0) is 14.8 Å². The fraction of sp³-hybridized carbons (Fsp3) is 0.385. The van der Waals surface area contributed by atoms with Crippen molar-refractivity contribution in [2.45, 2.75) is 24.8 Å². The molecule has 22 heavy (non-hydrogen) atoms. The first kappa shape index (κ1) is 17.9. The van der Waals surface area contributed by atoms with E-state index in [1.807, 2.05) is 0 Å². The Morgan fingerprint density at radius 3 is 2.23 bits per heavy atom. The molecule has 1 rings (SSSR count). The number of ether oxygens (including phenoxy) is 1. The number of methoxy groups -OCH3 is 1. The molecular weight excluding hydrogens is 314 g/mol. The first-order valence-electron chi connectivity index (χ1n) is 6.26. The minimum atomic E-state index is -4.18. The van der Waals surface area contributed by atoms with Crippen LogP contribution >= 0.6 is 0 Å². The maximum absolute atomic E-state index is 12.2. The quantitative estimate of drug-likeness (QED) is 0.673. The summed E-state index contributed by atoms with van der Waals surface area (Å²) in [6, 6.07) is 1.94. The molecule has 1 atom stereocenters. The molecule has 0 saturated heterocycles. The van der Waals surface area contributed by atoms with Gasteiger partial charge in [0.1, 0.15) is 17.4 Å². The number of carboxylic acid groups (broad SMARTS) is 2. The van der Waals surface area contributed by atoms with Crippen LogP contribution in [0.4, 0.5) is 0 Å². The van der Waals surface area contributed by atoms with E-state index in [-0.39, 0.29) is 16.2 Å². The van der Waals surface area contributed by atoms with Crippen molar-refractivity contribution in [3.05, 3.63) is 23.8 Å². The number of aliphatic carboxylic acids is 1. The Balaban J connectivity index is 3.26. The van der Waals surface area contributed by atoms with Crippen molar-refractivity contribution in [1.29, 1.82) is 0 Å². The molecule has 9 heteroatoms. The lowest BCUT2D eigenvalue weighted by Gasteiger charge is -2.18. The molecule has 0 spiro atoms. The second-order valence-corrected chi connectivity index (χ2v) is 6.56. The number of sulfonamides is 1. The highest BCUT2D eigenvalue weighted by Crippen LogP contribution is 2.23. The van der Waals surface area contributed by atoms with Gasteiger partial charge in [0.05, 0.1) is 12.0 Å². The Kier molecular flexibility index (Phi) is 5.50. The molecule has 0 aliphatic rings. The van der Waals surface area contributed by atoms with Gasteiger partial charge in [-0.25, -0.2) is 13.2 Å². The van der Waals surface area contributed by atoms with Crippen LogP contribution in [0.1, 0.15) is 24.2 Å². The van der Waals surface area contributed by atoms with Gasteiger partial charge in [0.15, 0.2) is 0 Å². The normalized spacial score (nSPS) is 12.9. The number of carbonyl (C=O) groups is 2. The van der Waals surface area contributed by atoms with Gasteiger partial charge in [0.25, 0.3) is 0 Å². The Hall–Kier alpha value is -2.13. The van der Waals surface area contributed by atoms with Crippen LogP contribution in [0.3, 0.4) is 0 Å². The highest BCUT2D eigenvalue weighted by Gasteiger charge is 2.29. The monoisotopic (exact) mass is 331 g/mol. The zero-order valence-electron chi connectivity index (χ0n) is 12.2. The predicted octanol–water partition coefficient (Wildman–Crippen LogP) is 0.781. The van der Waals surface area contributed by atoms with E-state index in [4.69, 9.17) is 14.9 Å². The van der Waals surface area contributed by atoms with Crippen molar-refractivity contribution in [2.24, 2.45) is 5.92 Å². The van der Waals surface area contributed by atoms with Crippen molar-refractivity contribution in [2.75, 3.05) is 7.11 Å². The second kappa shape index (κ2) is 6.75. The second-order valence-electron chi connectivity index (χ2n) is 4.85. The van der Waals surface area contributed by atoms with E-state index in [1.54, 1.807) is 13.8 Å². The molecule has 0 aliphatic carbocycles. The average molecular weight is 331 g/mol. The summed E-state index contributed by atoms with van der Waals surface area (Å²) in [5.41, 5.74) is -0.332. The molecule has 8 nitrogen and oxygen atoms in total. The molecule has 0 aliphatic heterocycles. The molecule has 0 amide bonds. The fourth-order valence-corrected chi connectivity index (χ4v) is 3.09. The molecule has 1 aromatic rings. The maximum atomic E-state index is 12.2. The van der Waals surface area contributed by atoms with Gasteiger partial charge in [0, 0.05) is 0 Å². The molecular formula is C13H17NO7S. The standard InChI is InChI=1S/C13H17NO7S/c1-7(2)11(13(17)18)14-22(19,20)8-4-5-10(21-3)9(6-8)12(15)16/h4-7,11,14H,1-3H3,(H,15,16)(H,17,18). The Morgan fingerprint density at radius 1 is 1.23 bits per heavy atom. The van der Waals surface area contributed by atoms with E-state index in [1.165, 1.54) is 13.2 Å². The molecule has 3 N–H and O–H groups in total. The maximum Gasteiger partial charge on any atom is 0.339 e. The molecule has 0 bridgehead atoms. The summed E-state index contributed by atoms with van der Waals surface area (Å²) >= 11 is 0. The van der Waals surface area contributed by atoms with Gasteiger partial charge in [0.2, 0.25) is 10.0 Å². The third-order valence-corrected chi connectivity index (χ3v) is 4.37. The van der Waals surface area contributed by atoms with E-state index >= 15 is 0 Å². The smallest absolute Gasteiger partial charge is 0.339 e. The summed E-state index contributed by atoms with van der Waals surface area (Å²) in [6.45, 7) is 3.11. The van der Waals surface area contributed by atoms with Crippen LogP contribution < -0.4 is 9.46 Å². The number of nitrogens with one attached hydrogen (secondary N) is 1. The zero-order chi connectivity index (χ0) is 17.1. The number of carboxylic acids is 2. The summed E-state index contributed by atoms with van der Waals surface area (Å²) in [6.07, 6.45) is 0. The average Bonchev–Trinajstić information content (AvgIpc) is 2.43. The van der Waals surface area contributed by atoms with E-state index in [0.29, 0.717) is 0 Å². The van der Waals surface area contributed by atoms with Crippen molar-refractivity contribution in [3.63, 3.8) is 0 Å². The summed E-state index contributed by atoms with van der Waals surface area (Å²) in [7, 11) is -2.92. The van der Waals surface area contributed by atoms with Gasteiger partial charge in [-0.3, -0.25) is 4.79 Å². The van der Waals surface area contributed by atoms with Crippen LogP contribution in [0.2, 0.25) is 0 Å². The fourth-order valence-electron chi connectivity index (χ4n) is 1.73. The predicted molar refractivity (Wildman–Crippen MR) is 76.5 cm³/mol. The first-order valence-corrected chi connectivity index (χ1v) is 7.75. The van der Waals surface area contributed by atoms with E-state index in [9.17, 15) is 18.0 Å². The SMILES string of the molecule is COc1ccc(S(=O)(=O)NC(C(=O)O)C(C)C)cc1C(=O)O. The van der Waals surface area contributed by atoms with E-state index in [0.717, 1.165) is 12.1 Å². The highest BCUT2D eigenvalue weighted by atomic mass is 32.2. The van der Waals surface area contributed by atoms with Gasteiger partial charge in [-0.05, 0) is 24.1 Å². The molecule has 0 aromatic heterocycles. The van der Waals surface area contributed by atoms with Crippen molar-refractivity contribution in [3.8, 4) is 5.75 Å². The number of rotatable bonds is 7. The Labute approximate surface area is 127 Å². The topological polar surface area (TPSA) is 130 Å². The van der Waals surface area contributed by atoms with Crippen LogP contribution in [0.25, 0.3) is 0 Å². The van der Waals surface area contributed by atoms with Crippen LogP contribution in [0.5, 0.6) is 5.75 Å². The van der Waals surface area contributed by atoms with Crippen molar-refractivity contribution in [1.82, 2.24) is 4.72 Å². The molecule has 0 radical (unpaired) electrons. The summed E-state index contributed by atoms with van der Waals surface area (Å²) in [5, 5.41) is 18.1. The van der Waals surface area contributed by atoms with E-state index in [2.05, 4.69) is 4.72 Å². The molecule has 0 fully saturated rings. The van der Waals surface area contributed by atoms with E-state index < -0.39 is 33.9 Å². The van der Waals surface area contributed by atoms with Crippen LogP contribution in [0, 0.1) is 5.92 Å². The minimum absolute atomic E-state index is 0.00472. The molecule has 0 heterocycles. The number of aromatic carboxylic acids is 1. The Morgan fingerprint density at radius 2 is 1.82 bits per heavy atom. The zero-order valence-corrected chi connectivity index (χ0v) is 13.0. The van der Waals surface area contributed by atoms with Gasteiger partial charge < -0.3 is 14.9 Å². The van der Waals surface area contributed by atoms with Gasteiger partial charge in [-0.2, -0.15) is 4.72 Å². The highest BCUT2D eigenvalue weighted by molar-refractivity contribution is 7.89. The van der Waals surface area contributed by atoms with Gasteiger partial charge in [-0.1, -0.05) is 13.8 Å². The number of hydrogen-bond acceptors (Lipinski definition) is 5. The van der Waals surface area contributed by atoms with Crippen molar-refractivity contribution < 1.29 is 33.0 Å². The largest absolute Gasteiger partial charge is 0.496 e. The third kappa shape index (κ3) is 3.95. The van der Waals surface area contributed by atoms with Gasteiger partial charge in [-0.15, -0.1) is 0 Å². The molecule has 1 unspecified atom stereocenters. The molecule has 122 valence electrons.